The van der Waals surface area contributed by atoms with Gasteiger partial charge in [-0.15, -0.1) is 0 Å². The Labute approximate surface area is 164 Å². The van der Waals surface area contributed by atoms with E-state index in [2.05, 4.69) is 45.5 Å². The Hall–Kier alpha value is -2.53. The van der Waals surface area contributed by atoms with Crippen LogP contribution < -0.4 is 10.2 Å². The Morgan fingerprint density at radius 1 is 1.04 bits per heavy atom. The van der Waals surface area contributed by atoms with Gasteiger partial charge < -0.3 is 10.2 Å². The van der Waals surface area contributed by atoms with E-state index in [1.807, 2.05) is 32.1 Å². The molecule has 0 aliphatic carbocycles. The third-order valence-electron chi connectivity index (χ3n) is 4.75. The predicted octanol–water partition coefficient (Wildman–Crippen LogP) is 4.80. The van der Waals surface area contributed by atoms with E-state index in [4.69, 9.17) is 0 Å². The first-order valence-corrected chi connectivity index (χ1v) is 10.1. The topological polar surface area (TPSA) is 44.7 Å². The number of rotatable bonds is 3. The minimum atomic E-state index is -0.0910. The second-order valence-corrected chi connectivity index (χ2v) is 8.14. The maximum atomic E-state index is 12.3. The number of carbonyl (C=O) groups excluding carboxylic acids is 1. The molecule has 0 atom stereocenters. The molecule has 2 heterocycles. The highest BCUT2D eigenvalue weighted by molar-refractivity contribution is 8.18. The highest BCUT2D eigenvalue weighted by atomic mass is 32.2. The molecule has 2 fully saturated rings. The number of carbonyl (C=O) groups is 1. The first-order chi connectivity index (χ1) is 13.1. The number of amidine groups is 1. The number of thioether (sulfide) groups is 1. The van der Waals surface area contributed by atoms with Crippen LogP contribution in [0.15, 0.2) is 52.4 Å². The van der Waals surface area contributed by atoms with Crippen molar-refractivity contribution >= 4 is 40.3 Å². The summed E-state index contributed by atoms with van der Waals surface area (Å²) in [5.41, 5.74) is 5.49. The molecular weight excluding hydrogens is 354 g/mol. The lowest BCUT2D eigenvalue weighted by Gasteiger charge is -2.17. The van der Waals surface area contributed by atoms with Gasteiger partial charge in [0.15, 0.2) is 5.17 Å². The van der Waals surface area contributed by atoms with Crippen LogP contribution in [0.2, 0.25) is 0 Å². The molecule has 138 valence electrons. The molecule has 1 N–H and O–H groups in total. The fraction of sp³-hybridized carbons (Fsp3) is 0.273. The maximum Gasteiger partial charge on any atom is 0.264 e. The van der Waals surface area contributed by atoms with E-state index in [0.29, 0.717) is 10.1 Å². The predicted molar refractivity (Wildman–Crippen MR) is 115 cm³/mol. The van der Waals surface area contributed by atoms with Gasteiger partial charge >= 0.3 is 0 Å². The number of nitrogens with zero attached hydrogens (tertiary/aromatic N) is 2. The lowest BCUT2D eigenvalue weighted by molar-refractivity contribution is -0.115. The second kappa shape index (κ2) is 7.61. The molecule has 0 unspecified atom stereocenters. The van der Waals surface area contributed by atoms with Crippen molar-refractivity contribution in [2.45, 2.75) is 26.7 Å². The average molecular weight is 378 g/mol. The minimum Gasteiger partial charge on any atom is -0.372 e. The van der Waals surface area contributed by atoms with Gasteiger partial charge in [0.2, 0.25) is 0 Å². The fourth-order valence-electron chi connectivity index (χ4n) is 3.52. The molecule has 4 rings (SSSR count). The molecule has 27 heavy (non-hydrogen) atoms. The summed E-state index contributed by atoms with van der Waals surface area (Å²) in [5.74, 6) is -0.0910. The van der Waals surface area contributed by atoms with Crippen LogP contribution in [0.25, 0.3) is 6.08 Å². The Balaban J connectivity index is 1.50. The molecular formula is C22H23N3OS. The van der Waals surface area contributed by atoms with Crippen LogP contribution >= 0.6 is 11.8 Å². The van der Waals surface area contributed by atoms with E-state index in [1.165, 1.54) is 30.3 Å². The number of aryl methyl sites for hydroxylation is 2. The third-order valence-corrected chi connectivity index (χ3v) is 5.66. The zero-order valence-electron chi connectivity index (χ0n) is 15.7. The van der Waals surface area contributed by atoms with Crippen LogP contribution in [0, 0.1) is 13.8 Å². The lowest BCUT2D eigenvalue weighted by atomic mass is 10.1. The van der Waals surface area contributed by atoms with Gasteiger partial charge in [0, 0.05) is 18.8 Å². The molecule has 0 spiro atoms. The Morgan fingerprint density at radius 2 is 1.70 bits per heavy atom. The zero-order valence-corrected chi connectivity index (χ0v) is 16.5. The van der Waals surface area contributed by atoms with Crippen molar-refractivity contribution in [2.75, 3.05) is 18.0 Å². The summed E-state index contributed by atoms with van der Waals surface area (Å²) in [6.45, 7) is 6.37. The largest absolute Gasteiger partial charge is 0.372 e. The van der Waals surface area contributed by atoms with Crippen molar-refractivity contribution in [3.63, 3.8) is 0 Å². The van der Waals surface area contributed by atoms with E-state index < -0.39 is 0 Å². The van der Waals surface area contributed by atoms with Crippen LogP contribution in [-0.2, 0) is 4.79 Å². The molecule has 2 aromatic rings. The van der Waals surface area contributed by atoms with Gasteiger partial charge in [-0.1, -0.05) is 18.2 Å². The Kier molecular flexibility index (Phi) is 5.03. The van der Waals surface area contributed by atoms with Crippen molar-refractivity contribution in [3.8, 4) is 0 Å². The quantitative estimate of drug-likeness (QED) is 0.782. The number of hydrogen-bond donors (Lipinski definition) is 1. The summed E-state index contributed by atoms with van der Waals surface area (Å²) in [6.07, 6.45) is 4.47. The van der Waals surface area contributed by atoms with Crippen LogP contribution in [0.3, 0.4) is 0 Å². The number of hydrogen-bond acceptors (Lipinski definition) is 4. The summed E-state index contributed by atoms with van der Waals surface area (Å²) in [6, 6.07) is 14.6. The molecule has 2 saturated heterocycles. The highest BCUT2D eigenvalue weighted by Gasteiger charge is 2.23. The first kappa shape index (κ1) is 17.9. The highest BCUT2D eigenvalue weighted by Crippen LogP contribution is 2.29. The van der Waals surface area contributed by atoms with Crippen LogP contribution in [-0.4, -0.2) is 24.2 Å². The van der Waals surface area contributed by atoms with Gasteiger partial charge in [-0.05, 0) is 85.5 Å². The zero-order chi connectivity index (χ0) is 18.8. The van der Waals surface area contributed by atoms with Crippen molar-refractivity contribution < 1.29 is 4.79 Å². The van der Waals surface area contributed by atoms with Crippen molar-refractivity contribution in [2.24, 2.45) is 4.99 Å². The number of benzene rings is 2. The Bertz CT molecular complexity index is 905. The minimum absolute atomic E-state index is 0.0910. The number of nitrogens with one attached hydrogen (secondary N) is 1. The molecule has 0 radical (unpaired) electrons. The monoisotopic (exact) mass is 377 g/mol. The van der Waals surface area contributed by atoms with E-state index in [0.717, 1.165) is 35.5 Å². The van der Waals surface area contributed by atoms with Gasteiger partial charge in [-0.25, -0.2) is 4.99 Å². The van der Waals surface area contributed by atoms with Gasteiger partial charge in [-0.3, -0.25) is 4.79 Å². The summed E-state index contributed by atoms with van der Waals surface area (Å²) < 4.78 is 0. The van der Waals surface area contributed by atoms with Gasteiger partial charge in [-0.2, -0.15) is 0 Å². The normalized spacial score (nSPS) is 19.9. The van der Waals surface area contributed by atoms with Gasteiger partial charge in [0.05, 0.1) is 10.6 Å². The van der Waals surface area contributed by atoms with Gasteiger partial charge in [0.25, 0.3) is 5.91 Å². The lowest BCUT2D eigenvalue weighted by Crippen LogP contribution is -2.19. The molecule has 1 amide bonds. The summed E-state index contributed by atoms with van der Waals surface area (Å²) in [4.78, 5) is 20.0. The van der Waals surface area contributed by atoms with Crippen molar-refractivity contribution in [3.05, 3.63) is 64.1 Å². The molecule has 0 saturated carbocycles. The van der Waals surface area contributed by atoms with Gasteiger partial charge in [0.1, 0.15) is 0 Å². The average Bonchev–Trinajstić information content (AvgIpc) is 3.25. The molecule has 0 bridgehead atoms. The summed E-state index contributed by atoms with van der Waals surface area (Å²) >= 11 is 1.39. The third kappa shape index (κ3) is 4.25. The smallest absolute Gasteiger partial charge is 0.264 e. The maximum absolute atomic E-state index is 12.3. The molecule has 4 nitrogen and oxygen atoms in total. The summed E-state index contributed by atoms with van der Waals surface area (Å²) in [7, 11) is 0. The van der Waals surface area contributed by atoms with E-state index in [9.17, 15) is 4.79 Å². The summed E-state index contributed by atoms with van der Waals surface area (Å²) in [5, 5.41) is 3.49. The van der Waals surface area contributed by atoms with Crippen LogP contribution in [0.4, 0.5) is 11.4 Å². The van der Waals surface area contributed by atoms with E-state index in [1.54, 1.807) is 0 Å². The Morgan fingerprint density at radius 3 is 2.37 bits per heavy atom. The number of amides is 1. The fourth-order valence-corrected chi connectivity index (χ4v) is 4.36. The number of anilines is 1. The van der Waals surface area contributed by atoms with Crippen molar-refractivity contribution in [1.82, 2.24) is 5.32 Å². The molecule has 2 aliphatic rings. The van der Waals surface area contributed by atoms with E-state index >= 15 is 0 Å². The molecule has 2 aromatic carbocycles. The van der Waals surface area contributed by atoms with Crippen LogP contribution in [0.5, 0.6) is 0 Å². The molecule has 5 heteroatoms. The molecule has 0 aromatic heterocycles. The van der Waals surface area contributed by atoms with Crippen LogP contribution in [0.1, 0.15) is 29.5 Å². The number of aliphatic imine (C=N–C) groups is 1. The SMILES string of the molecule is Cc1cc(C)cc(N=C2NC(=O)/C(=C/c3ccc(N4CCCC4)cc3)S2)c1. The van der Waals surface area contributed by atoms with E-state index in [-0.39, 0.29) is 5.91 Å². The van der Waals surface area contributed by atoms with Crippen molar-refractivity contribution in [1.29, 1.82) is 0 Å². The standard InChI is InChI=1S/C22H23N3OS/c1-15-11-16(2)13-18(12-15)23-22-24-21(26)20(27-22)14-17-5-7-19(8-6-17)25-9-3-4-10-25/h5-8,11-14H,3-4,9-10H2,1-2H3,(H,23,24,26)/b20-14-. The molecule has 2 aliphatic heterocycles. The first-order valence-electron chi connectivity index (χ1n) is 9.30. The second-order valence-electron chi connectivity index (χ2n) is 7.11.